The molecule has 0 fully saturated rings. The van der Waals surface area contributed by atoms with Crippen LogP contribution < -0.4 is 18.9 Å². The zero-order valence-corrected chi connectivity index (χ0v) is 4.36. The Labute approximate surface area is 66.6 Å². The van der Waals surface area contributed by atoms with E-state index in [1.54, 1.807) is 0 Å². The second-order valence-corrected chi connectivity index (χ2v) is 0. The Balaban J connectivity index is 0. The summed E-state index contributed by atoms with van der Waals surface area (Å²) in [5.41, 5.74) is 0. The van der Waals surface area contributed by atoms with E-state index >= 15 is 0 Å². The van der Waals surface area contributed by atoms with Gasteiger partial charge in [0.05, 0.1) is 0 Å². The van der Waals surface area contributed by atoms with Gasteiger partial charge in [0.15, 0.2) is 0 Å². The van der Waals surface area contributed by atoms with Crippen LogP contribution in [0.25, 0.3) is 0 Å². The minimum absolute atomic E-state index is 0. The zero-order chi connectivity index (χ0) is 0. The molecule has 0 aliphatic rings. The van der Waals surface area contributed by atoms with E-state index in [1.807, 2.05) is 0 Å². The fourth-order valence-corrected chi connectivity index (χ4v) is 0. The summed E-state index contributed by atoms with van der Waals surface area (Å²) in [6, 6.07) is 0. The first-order chi connectivity index (χ1) is 0. The van der Waals surface area contributed by atoms with E-state index < -0.39 is 0 Å². The zero-order valence-electron chi connectivity index (χ0n) is 3.19. The van der Waals surface area contributed by atoms with Gasteiger partial charge < -0.3 is 6.90 Å². The Kier molecular flexibility index (Phi) is 780. The fourth-order valence-electron chi connectivity index (χ4n) is 0. The van der Waals surface area contributed by atoms with Crippen molar-refractivity contribution in [2.45, 2.75) is 7.43 Å². The number of hydrogen-bond donors (Lipinski definition) is 0. The van der Waals surface area contributed by atoms with E-state index in [9.17, 15) is 0 Å². The van der Waals surface area contributed by atoms with E-state index in [4.69, 9.17) is 0 Å². The van der Waals surface area contributed by atoms with E-state index in [2.05, 4.69) is 0 Å². The average molecular weight is 156 g/mol. The van der Waals surface area contributed by atoms with Crippen molar-refractivity contribution in [2.24, 2.45) is 0 Å². The molecule has 0 aliphatic carbocycles. The minimum atomic E-state index is 0. The molecular weight excluding hydrogens is 149 g/mol. The van der Waals surface area contributed by atoms with Crippen LogP contribution in [0.1, 0.15) is 8.85 Å². The Hall–Kier alpha value is 1.57. The van der Waals surface area contributed by atoms with Crippen molar-refractivity contribution in [2.75, 3.05) is 0 Å². The third-order valence-corrected chi connectivity index (χ3v) is 0. The molecule has 0 aromatic rings. The maximum absolute atomic E-state index is 0. The first-order valence-corrected chi connectivity index (χ1v) is 0. The number of hydrogen-bond acceptors (Lipinski definition) is 0. The summed E-state index contributed by atoms with van der Waals surface area (Å²) in [6.45, 7) is 0. The van der Waals surface area contributed by atoms with Gasteiger partial charge in [-0.1, -0.05) is 7.43 Å². The molecule has 0 saturated heterocycles. The quantitative estimate of drug-likeness (QED) is 0.333. The van der Waals surface area contributed by atoms with Crippen LogP contribution in [-0.2, 0) is 33.6 Å². The largest absolute Gasteiger partial charge is 1.00 e. The van der Waals surface area contributed by atoms with Crippen molar-refractivity contribution in [3.63, 3.8) is 0 Å². The van der Waals surface area contributed by atoms with Gasteiger partial charge in [0.1, 0.15) is 0 Å². The Morgan fingerprint density at radius 3 is 1.20 bits per heavy atom. The van der Waals surface area contributed by atoms with Crippen molar-refractivity contribution < 1.29 is 59.3 Å². The smallest absolute Gasteiger partial charge is 1.00 e. The van der Waals surface area contributed by atoms with Crippen LogP contribution in [0.2, 0.25) is 0 Å². The van der Waals surface area contributed by atoms with Gasteiger partial charge in [0.25, 0.3) is 0 Å². The van der Waals surface area contributed by atoms with Gasteiger partial charge >= 0.3 is 18.9 Å². The van der Waals surface area contributed by atoms with Crippen molar-refractivity contribution >= 4 is 0 Å². The summed E-state index contributed by atoms with van der Waals surface area (Å²) in [5.74, 6) is 0. The number of rotatable bonds is 0. The average Bonchev–Trinajstić information content (AvgIpc) is 0. The Morgan fingerprint density at radius 2 is 1.20 bits per heavy atom. The second kappa shape index (κ2) is 47.2. The molecule has 0 aromatic carbocycles. The van der Waals surface area contributed by atoms with Crippen LogP contribution in [0.4, 0.5) is 0 Å². The van der Waals surface area contributed by atoms with Gasteiger partial charge in [-0.05, 0) is 0 Å². The van der Waals surface area contributed by atoms with Crippen molar-refractivity contribution in [1.82, 2.24) is 0 Å². The summed E-state index contributed by atoms with van der Waals surface area (Å²) in [7, 11) is 0. The van der Waals surface area contributed by atoms with Crippen LogP contribution in [0.15, 0.2) is 0 Å². The summed E-state index contributed by atoms with van der Waals surface area (Å²) in [4.78, 5) is 0. The molecule has 0 bridgehead atoms. The molecule has 1 nitrogen and oxygen atoms in total. The van der Waals surface area contributed by atoms with Gasteiger partial charge in [-0.15, -0.1) is 0 Å². The van der Waals surface area contributed by atoms with Crippen LogP contribution in [0, 0.1) is 0 Å². The van der Waals surface area contributed by atoms with Crippen LogP contribution in [-0.4, -0.2) is 5.48 Å². The molecule has 0 atom stereocenters. The molecule has 4 heteroatoms. The maximum atomic E-state index is 0. The van der Waals surface area contributed by atoms with Crippen LogP contribution >= 0.6 is 0 Å². The van der Waals surface area contributed by atoms with E-state index in [-0.39, 0.29) is 66.8 Å². The van der Waals surface area contributed by atoms with Crippen LogP contribution in [0.5, 0.6) is 0 Å². The molecule has 0 spiro atoms. The van der Waals surface area contributed by atoms with E-state index in [0.717, 1.165) is 0 Å². The van der Waals surface area contributed by atoms with Gasteiger partial charge in [0, 0.05) is 33.6 Å². The second-order valence-electron chi connectivity index (χ2n) is 0. The first kappa shape index (κ1) is 82.7. The van der Waals surface area contributed by atoms with Gasteiger partial charge in [0.2, 0.25) is 0 Å². The predicted molar refractivity (Wildman–Crippen MR) is 11.5 cm³/mol. The Bertz CT molecular complexity index is 15.5. The molecular formula is CH7LiMnNiO. The molecule has 0 amide bonds. The summed E-state index contributed by atoms with van der Waals surface area (Å²) >= 11 is 0. The third kappa shape index (κ3) is 28.8. The Morgan fingerprint density at radius 1 is 1.20 bits per heavy atom. The van der Waals surface area contributed by atoms with Crippen LogP contribution in [0.3, 0.4) is 0 Å². The van der Waals surface area contributed by atoms with Crippen molar-refractivity contribution in [3.8, 4) is 0 Å². The first-order valence-electron chi connectivity index (χ1n) is 0. The maximum Gasteiger partial charge on any atom is 1.00 e. The molecule has 0 aromatic heterocycles. The monoisotopic (exact) mass is 155 g/mol. The standard InChI is InChI=1S/CH4.Li.Mn.Ni.H2O.H/h1H4;;;;1H2;/q;+1;;;;-1. The van der Waals surface area contributed by atoms with Gasteiger partial charge in [-0.3, -0.25) is 0 Å². The molecule has 1 radical (unpaired) electrons. The fraction of sp³-hybridized carbons (Fsp3) is 1.00. The third-order valence-electron chi connectivity index (χ3n) is 0. The molecule has 0 unspecified atom stereocenters. The van der Waals surface area contributed by atoms with Gasteiger partial charge in [-0.25, -0.2) is 0 Å². The van der Waals surface area contributed by atoms with Gasteiger partial charge in [-0.2, -0.15) is 0 Å². The molecule has 0 saturated carbocycles. The molecule has 0 aliphatic heterocycles. The normalized spacial score (nSPS) is 0. The topological polar surface area (TPSA) is 31.5 Å². The van der Waals surface area contributed by atoms with E-state index in [1.165, 1.54) is 0 Å². The molecule has 5 heavy (non-hydrogen) atoms. The molecule has 2 N–H and O–H groups in total. The SMILES string of the molecule is C.O.[H-].[Li+].[Mn].[Ni]. The summed E-state index contributed by atoms with van der Waals surface area (Å²) in [5, 5.41) is 0. The minimum Gasteiger partial charge on any atom is -1.00 e. The summed E-state index contributed by atoms with van der Waals surface area (Å²) < 4.78 is 0. The van der Waals surface area contributed by atoms with Crippen molar-refractivity contribution in [1.29, 1.82) is 0 Å². The van der Waals surface area contributed by atoms with E-state index in [0.29, 0.717) is 0 Å². The summed E-state index contributed by atoms with van der Waals surface area (Å²) in [6.07, 6.45) is 0. The molecule has 0 rings (SSSR count). The molecule has 35 valence electrons. The van der Waals surface area contributed by atoms with Crippen molar-refractivity contribution in [3.05, 3.63) is 0 Å². The predicted octanol–water partition coefficient (Wildman–Crippen LogP) is -3.08. The molecule has 0 heterocycles.